The lowest BCUT2D eigenvalue weighted by Crippen LogP contribution is -2.24. The van der Waals surface area contributed by atoms with Crippen LogP contribution < -0.4 is 10.9 Å². The van der Waals surface area contributed by atoms with Crippen LogP contribution in [0.5, 0.6) is 0 Å². The summed E-state index contributed by atoms with van der Waals surface area (Å²) in [5.41, 5.74) is 5.77. The minimum absolute atomic E-state index is 0.0932. The van der Waals surface area contributed by atoms with Crippen molar-refractivity contribution in [2.75, 3.05) is 5.32 Å². The SMILES string of the molecule is Cc1ccc2c(c1)n(Cc1ccccc1C)c(=O)c1nc(C(=O)Nc3ccc(C)c(Cl)c3)nn12. The largest absolute Gasteiger partial charge is 0.319 e. The highest BCUT2D eigenvalue weighted by molar-refractivity contribution is 6.31. The van der Waals surface area contributed by atoms with Gasteiger partial charge in [-0.25, -0.2) is 4.52 Å². The zero-order chi connectivity index (χ0) is 24.0. The van der Waals surface area contributed by atoms with Crippen LogP contribution >= 0.6 is 11.6 Å². The van der Waals surface area contributed by atoms with Crippen molar-refractivity contribution in [3.05, 3.63) is 104 Å². The Labute approximate surface area is 200 Å². The van der Waals surface area contributed by atoms with Crippen molar-refractivity contribution in [2.45, 2.75) is 27.3 Å². The van der Waals surface area contributed by atoms with E-state index in [0.717, 1.165) is 27.8 Å². The Morgan fingerprint density at radius 1 is 0.971 bits per heavy atom. The predicted octanol–water partition coefficient (Wildman–Crippen LogP) is 4.92. The molecule has 0 spiro atoms. The Kier molecular flexibility index (Phi) is 5.42. The van der Waals surface area contributed by atoms with Gasteiger partial charge in [0.2, 0.25) is 11.5 Å². The number of rotatable bonds is 4. The lowest BCUT2D eigenvalue weighted by Gasteiger charge is -2.13. The zero-order valence-electron chi connectivity index (χ0n) is 19.0. The first-order valence-electron chi connectivity index (χ1n) is 10.8. The summed E-state index contributed by atoms with van der Waals surface area (Å²) in [7, 11) is 0. The lowest BCUT2D eigenvalue weighted by atomic mass is 10.1. The van der Waals surface area contributed by atoms with E-state index in [1.807, 2.05) is 69.3 Å². The number of carbonyl (C=O) groups is 1. The van der Waals surface area contributed by atoms with E-state index in [2.05, 4.69) is 15.4 Å². The standard InChI is InChI=1S/C26H22ClN5O2/c1-15-8-11-21-22(12-15)31(14-18-7-5-4-6-16(18)2)26(34)24-29-23(30-32(21)24)25(33)28-19-10-9-17(3)20(27)13-19/h4-13H,14H2,1-3H3,(H,28,33). The molecule has 1 N–H and O–H groups in total. The minimum Gasteiger partial charge on any atom is -0.319 e. The number of amides is 1. The normalized spacial score (nSPS) is 11.3. The fourth-order valence-corrected chi connectivity index (χ4v) is 4.13. The second-order valence-electron chi connectivity index (χ2n) is 8.40. The first-order chi connectivity index (χ1) is 16.3. The van der Waals surface area contributed by atoms with Gasteiger partial charge < -0.3 is 5.32 Å². The molecule has 0 saturated carbocycles. The van der Waals surface area contributed by atoms with E-state index >= 15 is 0 Å². The van der Waals surface area contributed by atoms with Crippen LogP contribution in [0.3, 0.4) is 0 Å². The fraction of sp³-hybridized carbons (Fsp3) is 0.154. The van der Waals surface area contributed by atoms with Crippen LogP contribution in [-0.4, -0.2) is 25.1 Å². The fourth-order valence-electron chi connectivity index (χ4n) is 3.95. The third-order valence-corrected chi connectivity index (χ3v) is 6.32. The molecule has 170 valence electrons. The van der Waals surface area contributed by atoms with Crippen LogP contribution in [0.2, 0.25) is 5.02 Å². The molecule has 0 fully saturated rings. The minimum atomic E-state index is -0.520. The maximum absolute atomic E-state index is 13.5. The number of aryl methyl sites for hydroxylation is 3. The maximum Gasteiger partial charge on any atom is 0.296 e. The third kappa shape index (κ3) is 3.84. The molecule has 5 aromatic rings. The Morgan fingerprint density at radius 3 is 2.53 bits per heavy atom. The van der Waals surface area contributed by atoms with E-state index in [1.165, 1.54) is 4.52 Å². The molecule has 0 atom stereocenters. The summed E-state index contributed by atoms with van der Waals surface area (Å²) in [6.45, 7) is 6.26. The first kappa shape index (κ1) is 21.9. The van der Waals surface area contributed by atoms with Crippen LogP contribution in [0.25, 0.3) is 16.7 Å². The number of aromatic nitrogens is 4. The van der Waals surface area contributed by atoms with Gasteiger partial charge in [-0.3, -0.25) is 14.2 Å². The summed E-state index contributed by atoms with van der Waals surface area (Å²) < 4.78 is 3.14. The number of halogens is 1. The molecule has 0 aliphatic heterocycles. The maximum atomic E-state index is 13.5. The molecule has 7 nitrogen and oxygen atoms in total. The Morgan fingerprint density at radius 2 is 1.76 bits per heavy atom. The summed E-state index contributed by atoms with van der Waals surface area (Å²) in [5.74, 6) is -0.613. The molecule has 3 aromatic carbocycles. The number of hydrogen-bond acceptors (Lipinski definition) is 4. The summed E-state index contributed by atoms with van der Waals surface area (Å²) in [6.07, 6.45) is 0. The van der Waals surface area contributed by atoms with E-state index in [1.54, 1.807) is 16.7 Å². The van der Waals surface area contributed by atoms with Crippen LogP contribution in [-0.2, 0) is 6.54 Å². The highest BCUT2D eigenvalue weighted by atomic mass is 35.5. The quantitative estimate of drug-likeness (QED) is 0.403. The molecule has 0 saturated heterocycles. The third-order valence-electron chi connectivity index (χ3n) is 5.92. The van der Waals surface area contributed by atoms with Gasteiger partial charge in [-0.2, -0.15) is 4.98 Å². The number of nitrogens with one attached hydrogen (secondary N) is 1. The molecule has 8 heteroatoms. The molecule has 0 bridgehead atoms. The molecule has 2 aromatic heterocycles. The second kappa shape index (κ2) is 8.43. The number of carbonyl (C=O) groups excluding carboxylic acids is 1. The second-order valence-corrected chi connectivity index (χ2v) is 8.81. The summed E-state index contributed by atoms with van der Waals surface area (Å²) in [4.78, 5) is 30.8. The van der Waals surface area contributed by atoms with Crippen LogP contribution in [0.1, 0.15) is 32.9 Å². The van der Waals surface area contributed by atoms with Crippen molar-refractivity contribution >= 4 is 39.9 Å². The average Bonchev–Trinajstić information content (AvgIpc) is 3.26. The molecule has 0 aliphatic rings. The molecule has 5 rings (SSSR count). The zero-order valence-corrected chi connectivity index (χ0v) is 19.7. The molecular formula is C26H22ClN5O2. The van der Waals surface area contributed by atoms with Gasteiger partial charge in [-0.15, -0.1) is 5.10 Å². The predicted molar refractivity (Wildman–Crippen MR) is 134 cm³/mol. The van der Waals surface area contributed by atoms with Crippen molar-refractivity contribution in [3.63, 3.8) is 0 Å². The summed E-state index contributed by atoms with van der Waals surface area (Å²) in [6, 6.07) is 19.0. The van der Waals surface area contributed by atoms with Gasteiger partial charge in [0.1, 0.15) is 0 Å². The number of anilines is 1. The molecule has 0 aliphatic carbocycles. The van der Waals surface area contributed by atoms with Gasteiger partial charge in [0.25, 0.3) is 11.5 Å². The molecule has 34 heavy (non-hydrogen) atoms. The van der Waals surface area contributed by atoms with E-state index in [9.17, 15) is 9.59 Å². The number of hydrogen-bond donors (Lipinski definition) is 1. The lowest BCUT2D eigenvalue weighted by molar-refractivity contribution is 0.101. The van der Waals surface area contributed by atoms with Gasteiger partial charge in [0.05, 0.1) is 17.6 Å². The van der Waals surface area contributed by atoms with Gasteiger partial charge in [-0.1, -0.05) is 48.0 Å². The van der Waals surface area contributed by atoms with Crippen molar-refractivity contribution in [3.8, 4) is 0 Å². The van der Waals surface area contributed by atoms with E-state index in [0.29, 0.717) is 22.8 Å². The van der Waals surface area contributed by atoms with Crippen LogP contribution in [0, 0.1) is 20.8 Å². The van der Waals surface area contributed by atoms with Crippen molar-refractivity contribution < 1.29 is 4.79 Å². The highest BCUT2D eigenvalue weighted by Crippen LogP contribution is 2.21. The van der Waals surface area contributed by atoms with Crippen molar-refractivity contribution in [1.82, 2.24) is 19.2 Å². The van der Waals surface area contributed by atoms with Gasteiger partial charge >= 0.3 is 0 Å². The first-order valence-corrected chi connectivity index (χ1v) is 11.2. The molecule has 2 heterocycles. The van der Waals surface area contributed by atoms with Gasteiger partial charge in [0.15, 0.2) is 0 Å². The molecular weight excluding hydrogens is 450 g/mol. The molecule has 0 unspecified atom stereocenters. The van der Waals surface area contributed by atoms with Crippen molar-refractivity contribution in [1.29, 1.82) is 0 Å². The monoisotopic (exact) mass is 471 g/mol. The topological polar surface area (TPSA) is 81.3 Å². The Hall–Kier alpha value is -3.97. The van der Waals surface area contributed by atoms with E-state index in [4.69, 9.17) is 11.6 Å². The Balaban J connectivity index is 1.64. The number of nitrogens with zero attached hydrogens (tertiary/aromatic N) is 4. The molecule has 0 radical (unpaired) electrons. The van der Waals surface area contributed by atoms with Crippen LogP contribution in [0.15, 0.2) is 65.5 Å². The highest BCUT2D eigenvalue weighted by Gasteiger charge is 2.20. The van der Waals surface area contributed by atoms with Crippen molar-refractivity contribution in [2.24, 2.45) is 0 Å². The summed E-state index contributed by atoms with van der Waals surface area (Å²) >= 11 is 6.17. The van der Waals surface area contributed by atoms with Gasteiger partial charge in [-0.05, 0) is 67.3 Å². The Bertz CT molecular complexity index is 1650. The number of benzene rings is 3. The number of fused-ring (bicyclic) bond motifs is 3. The van der Waals surface area contributed by atoms with E-state index in [-0.39, 0.29) is 17.0 Å². The average molecular weight is 472 g/mol. The summed E-state index contributed by atoms with van der Waals surface area (Å²) in [5, 5.41) is 7.68. The molecule has 1 amide bonds. The van der Waals surface area contributed by atoms with Gasteiger partial charge in [0, 0.05) is 10.7 Å². The smallest absolute Gasteiger partial charge is 0.296 e. The van der Waals surface area contributed by atoms with E-state index < -0.39 is 5.91 Å². The van der Waals surface area contributed by atoms with Crippen LogP contribution in [0.4, 0.5) is 5.69 Å².